The molecule has 1 atom stereocenters. The van der Waals surface area contributed by atoms with Gasteiger partial charge in [0.2, 0.25) is 0 Å². The van der Waals surface area contributed by atoms with Gasteiger partial charge in [-0.25, -0.2) is 0 Å². The first kappa shape index (κ1) is 7.42. The molecule has 1 aliphatic rings. The Balaban J connectivity index is 2.11. The van der Waals surface area contributed by atoms with Gasteiger partial charge in [0.05, 0.1) is 0 Å². The van der Waals surface area contributed by atoms with E-state index in [1.165, 1.54) is 19.5 Å². The molecule has 1 heterocycles. The summed E-state index contributed by atoms with van der Waals surface area (Å²) >= 11 is 2.10. The van der Waals surface area contributed by atoms with Crippen molar-refractivity contribution in [1.29, 1.82) is 0 Å². The lowest BCUT2D eigenvalue weighted by atomic mass is 10.4. The van der Waals surface area contributed by atoms with Crippen molar-refractivity contribution in [3.8, 4) is 0 Å². The monoisotopic (exact) mass is 145 g/mol. The first-order valence-corrected chi connectivity index (χ1v) is 4.59. The lowest BCUT2D eigenvalue weighted by Crippen LogP contribution is -2.11. The van der Waals surface area contributed by atoms with Gasteiger partial charge in [-0.3, -0.25) is 0 Å². The first-order valence-electron chi connectivity index (χ1n) is 3.65. The largest absolute Gasteiger partial charge is 0.316 e. The molecule has 0 bridgehead atoms. The van der Waals surface area contributed by atoms with E-state index in [-0.39, 0.29) is 0 Å². The molecule has 0 amide bonds. The van der Waals surface area contributed by atoms with E-state index >= 15 is 0 Å². The Hall–Kier alpha value is 0.310. The Labute approximate surface area is 61.6 Å². The van der Waals surface area contributed by atoms with Crippen LogP contribution in [0, 0.1) is 0 Å². The van der Waals surface area contributed by atoms with Crippen LogP contribution in [0.2, 0.25) is 0 Å². The Morgan fingerprint density at radius 2 is 2.33 bits per heavy atom. The van der Waals surface area contributed by atoms with E-state index in [0.717, 1.165) is 10.5 Å². The van der Waals surface area contributed by atoms with E-state index in [9.17, 15) is 0 Å². The fourth-order valence-electron chi connectivity index (χ4n) is 1.13. The SMILES string of the molecule is CC(C)S[C@H]1CCNC1. The molecule has 1 N–H and O–H groups in total. The highest BCUT2D eigenvalue weighted by atomic mass is 32.2. The Morgan fingerprint density at radius 1 is 1.56 bits per heavy atom. The second-order valence-corrected chi connectivity index (χ2v) is 4.68. The van der Waals surface area contributed by atoms with Crippen LogP contribution in [-0.4, -0.2) is 23.6 Å². The normalized spacial score (nSPS) is 27.7. The zero-order valence-corrected chi connectivity index (χ0v) is 7.00. The summed E-state index contributed by atoms with van der Waals surface area (Å²) in [4.78, 5) is 0. The minimum Gasteiger partial charge on any atom is -0.316 e. The number of rotatable bonds is 2. The van der Waals surface area contributed by atoms with Crippen LogP contribution in [0.15, 0.2) is 0 Å². The fraction of sp³-hybridized carbons (Fsp3) is 1.00. The Kier molecular flexibility index (Phi) is 2.86. The molecule has 2 heteroatoms. The maximum atomic E-state index is 3.36. The van der Waals surface area contributed by atoms with Crippen molar-refractivity contribution in [2.24, 2.45) is 0 Å². The average molecular weight is 145 g/mol. The van der Waals surface area contributed by atoms with Crippen LogP contribution in [-0.2, 0) is 0 Å². The van der Waals surface area contributed by atoms with Crippen molar-refractivity contribution < 1.29 is 0 Å². The second-order valence-electron chi connectivity index (χ2n) is 2.80. The van der Waals surface area contributed by atoms with Crippen molar-refractivity contribution >= 4 is 11.8 Å². The average Bonchev–Trinajstić information content (AvgIpc) is 2.15. The lowest BCUT2D eigenvalue weighted by molar-refractivity contribution is 0.858. The van der Waals surface area contributed by atoms with Crippen molar-refractivity contribution in [3.05, 3.63) is 0 Å². The van der Waals surface area contributed by atoms with Gasteiger partial charge in [0.15, 0.2) is 0 Å². The predicted molar refractivity (Wildman–Crippen MR) is 44.0 cm³/mol. The predicted octanol–water partition coefficient (Wildman–Crippen LogP) is 1.49. The van der Waals surface area contributed by atoms with Crippen LogP contribution < -0.4 is 5.32 Å². The number of nitrogens with one attached hydrogen (secondary N) is 1. The molecule has 0 radical (unpaired) electrons. The zero-order chi connectivity index (χ0) is 6.69. The number of thioether (sulfide) groups is 1. The van der Waals surface area contributed by atoms with Crippen LogP contribution in [0.25, 0.3) is 0 Å². The molecule has 0 spiro atoms. The highest BCUT2D eigenvalue weighted by molar-refractivity contribution is 8.00. The van der Waals surface area contributed by atoms with Gasteiger partial charge in [-0.1, -0.05) is 13.8 Å². The first-order chi connectivity index (χ1) is 4.29. The molecule has 1 nitrogen and oxygen atoms in total. The number of hydrogen-bond donors (Lipinski definition) is 1. The summed E-state index contributed by atoms with van der Waals surface area (Å²) in [5.74, 6) is 0. The maximum Gasteiger partial charge on any atom is 0.0187 e. The summed E-state index contributed by atoms with van der Waals surface area (Å²) < 4.78 is 0. The molecule has 0 aromatic rings. The van der Waals surface area contributed by atoms with Gasteiger partial charge in [-0.15, -0.1) is 0 Å². The van der Waals surface area contributed by atoms with Crippen LogP contribution >= 0.6 is 11.8 Å². The molecule has 0 aromatic carbocycles. The quantitative estimate of drug-likeness (QED) is 0.632. The summed E-state index contributed by atoms with van der Waals surface area (Å²) in [6.45, 7) is 6.99. The molecule has 1 aliphatic heterocycles. The molecule has 54 valence electrons. The van der Waals surface area contributed by atoms with E-state index in [4.69, 9.17) is 0 Å². The van der Waals surface area contributed by atoms with E-state index in [1.807, 2.05) is 0 Å². The molecule has 1 fully saturated rings. The van der Waals surface area contributed by atoms with Gasteiger partial charge in [0, 0.05) is 11.8 Å². The second kappa shape index (κ2) is 3.47. The third-order valence-corrected chi connectivity index (χ3v) is 2.81. The van der Waals surface area contributed by atoms with E-state index in [0.29, 0.717) is 0 Å². The van der Waals surface area contributed by atoms with Gasteiger partial charge < -0.3 is 5.32 Å². The molecule has 1 saturated heterocycles. The highest BCUT2D eigenvalue weighted by Gasteiger charge is 2.15. The van der Waals surface area contributed by atoms with Gasteiger partial charge >= 0.3 is 0 Å². The Morgan fingerprint density at radius 3 is 2.78 bits per heavy atom. The fourth-order valence-corrected chi connectivity index (χ4v) is 2.37. The maximum absolute atomic E-state index is 3.36. The molecular formula is C7H15NS. The van der Waals surface area contributed by atoms with Crippen LogP contribution in [0.3, 0.4) is 0 Å². The summed E-state index contributed by atoms with van der Waals surface area (Å²) in [7, 11) is 0. The third-order valence-electron chi connectivity index (χ3n) is 1.48. The van der Waals surface area contributed by atoms with Gasteiger partial charge in [0.1, 0.15) is 0 Å². The van der Waals surface area contributed by atoms with Crippen LogP contribution in [0.4, 0.5) is 0 Å². The van der Waals surface area contributed by atoms with Crippen molar-refractivity contribution in [1.82, 2.24) is 5.32 Å². The third kappa shape index (κ3) is 2.59. The molecule has 9 heavy (non-hydrogen) atoms. The molecule has 0 aliphatic carbocycles. The van der Waals surface area contributed by atoms with Crippen molar-refractivity contribution in [3.63, 3.8) is 0 Å². The minimum atomic E-state index is 0.801. The van der Waals surface area contributed by atoms with E-state index < -0.39 is 0 Å². The molecular weight excluding hydrogens is 130 g/mol. The van der Waals surface area contributed by atoms with E-state index in [1.54, 1.807) is 0 Å². The molecule has 0 unspecified atom stereocenters. The highest BCUT2D eigenvalue weighted by Crippen LogP contribution is 2.21. The summed E-state index contributed by atoms with van der Waals surface area (Å²) in [5.41, 5.74) is 0. The summed E-state index contributed by atoms with van der Waals surface area (Å²) in [6, 6.07) is 0. The molecule has 1 rings (SSSR count). The van der Waals surface area contributed by atoms with Crippen LogP contribution in [0.5, 0.6) is 0 Å². The minimum absolute atomic E-state index is 0.801. The molecule has 0 aromatic heterocycles. The smallest absolute Gasteiger partial charge is 0.0187 e. The van der Waals surface area contributed by atoms with Gasteiger partial charge in [-0.05, 0) is 18.2 Å². The zero-order valence-electron chi connectivity index (χ0n) is 6.18. The Bertz CT molecular complexity index is 77.0. The van der Waals surface area contributed by atoms with Crippen molar-refractivity contribution in [2.45, 2.75) is 30.8 Å². The topological polar surface area (TPSA) is 12.0 Å². The lowest BCUT2D eigenvalue weighted by Gasteiger charge is -2.09. The number of hydrogen-bond acceptors (Lipinski definition) is 2. The van der Waals surface area contributed by atoms with Gasteiger partial charge in [0.25, 0.3) is 0 Å². The summed E-state index contributed by atoms with van der Waals surface area (Å²) in [6.07, 6.45) is 1.36. The van der Waals surface area contributed by atoms with Crippen LogP contribution in [0.1, 0.15) is 20.3 Å². The molecule has 0 saturated carbocycles. The van der Waals surface area contributed by atoms with Crippen molar-refractivity contribution in [2.75, 3.05) is 13.1 Å². The van der Waals surface area contributed by atoms with E-state index in [2.05, 4.69) is 30.9 Å². The summed E-state index contributed by atoms with van der Waals surface area (Å²) in [5, 5.41) is 5.05. The van der Waals surface area contributed by atoms with Gasteiger partial charge in [-0.2, -0.15) is 11.8 Å². The standard InChI is InChI=1S/C7H15NS/c1-6(2)9-7-3-4-8-5-7/h6-8H,3-5H2,1-2H3/t7-/m0/s1.